The zero-order chi connectivity index (χ0) is 30.2. The maximum atomic E-state index is 12.0. The molecule has 1 aliphatic heterocycles. The number of benzene rings is 2. The molecule has 3 heterocycles. The molecule has 4 aromatic rings. The lowest BCUT2D eigenvalue weighted by Gasteiger charge is -2.27. The Morgan fingerprint density at radius 1 is 1.05 bits per heavy atom. The van der Waals surface area contributed by atoms with Crippen LogP contribution in [0.4, 0.5) is 11.4 Å². The van der Waals surface area contributed by atoms with Crippen LogP contribution in [-0.4, -0.2) is 54.0 Å². The van der Waals surface area contributed by atoms with Gasteiger partial charge < -0.3 is 29.6 Å². The molecular formula is C28H24N4O8S2. The summed E-state index contributed by atoms with van der Waals surface area (Å²) >= 11 is 5.73. The molecule has 0 amide bonds. The zero-order valence-electron chi connectivity index (χ0n) is 22.1. The molecule has 4 N–H and O–H groups in total. The molecular weight excluding hydrogens is 584 g/mol. The van der Waals surface area contributed by atoms with Crippen LogP contribution in [0.5, 0.6) is 5.75 Å². The Balaban J connectivity index is 1.63. The summed E-state index contributed by atoms with van der Waals surface area (Å²) in [5.74, 6) is -1.62. The number of carboxylic acids is 2. The number of pyridine rings is 1. The number of ether oxygens (including phenoxy) is 1. The van der Waals surface area contributed by atoms with E-state index in [4.69, 9.17) is 21.4 Å². The molecule has 216 valence electrons. The SMILES string of the molecule is COc1ccc(N2C(=S)N[C@@H](c3ccccn3)[C@@H]2c2ccc(-c3cc(C(=O)O)cc(C(=O)O)c3)o2)cc1NS(C)(=O)=O. The highest BCUT2D eigenvalue weighted by atomic mass is 32.2. The van der Waals surface area contributed by atoms with E-state index in [9.17, 15) is 28.2 Å². The van der Waals surface area contributed by atoms with Gasteiger partial charge in [-0.15, -0.1) is 0 Å². The van der Waals surface area contributed by atoms with Crippen molar-refractivity contribution in [2.24, 2.45) is 0 Å². The van der Waals surface area contributed by atoms with Gasteiger partial charge in [0.1, 0.15) is 23.3 Å². The predicted molar refractivity (Wildman–Crippen MR) is 157 cm³/mol. The molecule has 0 radical (unpaired) electrons. The average Bonchev–Trinajstić information content (AvgIpc) is 3.57. The fourth-order valence-electron chi connectivity index (χ4n) is 4.73. The molecule has 14 heteroatoms. The summed E-state index contributed by atoms with van der Waals surface area (Å²) in [7, 11) is -2.22. The molecule has 1 aliphatic rings. The number of hydrogen-bond donors (Lipinski definition) is 4. The minimum absolute atomic E-state index is 0.201. The van der Waals surface area contributed by atoms with Crippen molar-refractivity contribution in [2.75, 3.05) is 23.0 Å². The van der Waals surface area contributed by atoms with Crippen LogP contribution < -0.4 is 19.7 Å². The van der Waals surface area contributed by atoms with Crippen LogP contribution >= 0.6 is 12.2 Å². The molecule has 12 nitrogen and oxygen atoms in total. The molecule has 2 aromatic heterocycles. The lowest BCUT2D eigenvalue weighted by molar-refractivity contribution is 0.0696. The summed E-state index contributed by atoms with van der Waals surface area (Å²) in [4.78, 5) is 29.6. The van der Waals surface area contributed by atoms with E-state index in [1.54, 1.807) is 47.5 Å². The average molecular weight is 609 g/mol. The number of carboxylic acid groups (broad SMARTS) is 2. The van der Waals surface area contributed by atoms with Crippen molar-refractivity contribution in [3.05, 3.63) is 95.5 Å². The number of anilines is 2. The zero-order valence-corrected chi connectivity index (χ0v) is 23.8. The summed E-state index contributed by atoms with van der Waals surface area (Å²) in [6.07, 6.45) is 2.67. The Labute approximate surface area is 245 Å². The van der Waals surface area contributed by atoms with Crippen molar-refractivity contribution in [2.45, 2.75) is 12.1 Å². The molecule has 1 fully saturated rings. The Morgan fingerprint density at radius 2 is 1.76 bits per heavy atom. The van der Waals surface area contributed by atoms with E-state index in [0.717, 1.165) is 12.3 Å². The molecule has 0 spiro atoms. The number of sulfonamides is 1. The number of methoxy groups -OCH3 is 1. The largest absolute Gasteiger partial charge is 0.495 e. The molecule has 2 aromatic carbocycles. The van der Waals surface area contributed by atoms with Gasteiger partial charge in [0.2, 0.25) is 10.0 Å². The molecule has 5 rings (SSSR count). The third-order valence-corrected chi connectivity index (χ3v) is 7.39. The van der Waals surface area contributed by atoms with Gasteiger partial charge in [-0.3, -0.25) is 9.71 Å². The van der Waals surface area contributed by atoms with E-state index in [1.165, 1.54) is 19.2 Å². The number of thiocarbonyl (C=S) groups is 1. The Kier molecular flexibility index (Phi) is 7.58. The quantitative estimate of drug-likeness (QED) is 0.199. The van der Waals surface area contributed by atoms with Gasteiger partial charge in [-0.2, -0.15) is 0 Å². The first-order valence-corrected chi connectivity index (χ1v) is 14.6. The second-order valence-electron chi connectivity index (χ2n) is 9.37. The topological polar surface area (TPSA) is 171 Å². The van der Waals surface area contributed by atoms with Crippen LogP contribution in [0.1, 0.15) is 44.3 Å². The predicted octanol–water partition coefficient (Wildman–Crippen LogP) is 4.30. The summed E-state index contributed by atoms with van der Waals surface area (Å²) in [6, 6.07) is 16.2. The van der Waals surface area contributed by atoms with E-state index in [-0.39, 0.29) is 28.1 Å². The van der Waals surface area contributed by atoms with Gasteiger partial charge in [0.25, 0.3) is 0 Å². The van der Waals surface area contributed by atoms with Gasteiger partial charge in [-0.1, -0.05) is 6.07 Å². The minimum atomic E-state index is -3.64. The number of aromatic nitrogens is 1. The third kappa shape index (κ3) is 5.75. The van der Waals surface area contributed by atoms with E-state index in [1.807, 2.05) is 12.1 Å². The van der Waals surface area contributed by atoms with Gasteiger partial charge in [0.05, 0.1) is 41.9 Å². The van der Waals surface area contributed by atoms with Crippen molar-refractivity contribution < 1.29 is 37.4 Å². The number of furan rings is 1. The fourth-order valence-corrected chi connectivity index (χ4v) is 5.64. The molecule has 0 bridgehead atoms. The normalized spacial score (nSPS) is 16.6. The first-order chi connectivity index (χ1) is 19.9. The molecule has 2 atom stereocenters. The fraction of sp³-hybridized carbons (Fsp3) is 0.143. The number of hydrogen-bond acceptors (Lipinski definition) is 8. The molecule has 1 saturated heterocycles. The number of aromatic carboxylic acids is 2. The van der Waals surface area contributed by atoms with Crippen molar-refractivity contribution in [1.29, 1.82) is 0 Å². The molecule has 0 aliphatic carbocycles. The highest BCUT2D eigenvalue weighted by molar-refractivity contribution is 7.92. The Bertz CT molecular complexity index is 1780. The lowest BCUT2D eigenvalue weighted by Crippen LogP contribution is -2.29. The maximum Gasteiger partial charge on any atom is 0.335 e. The number of rotatable bonds is 9. The van der Waals surface area contributed by atoms with Crippen LogP contribution in [0.15, 0.2) is 77.3 Å². The first-order valence-electron chi connectivity index (χ1n) is 12.3. The van der Waals surface area contributed by atoms with E-state index in [2.05, 4.69) is 15.0 Å². The van der Waals surface area contributed by atoms with Crippen molar-refractivity contribution in [3.63, 3.8) is 0 Å². The van der Waals surface area contributed by atoms with Crippen molar-refractivity contribution in [3.8, 4) is 17.1 Å². The van der Waals surface area contributed by atoms with Crippen molar-refractivity contribution in [1.82, 2.24) is 10.3 Å². The van der Waals surface area contributed by atoms with Gasteiger partial charge in [0.15, 0.2) is 5.11 Å². The summed E-state index contributed by atoms with van der Waals surface area (Å²) in [5, 5.41) is 22.6. The number of nitrogens with zero attached hydrogens (tertiary/aromatic N) is 2. The van der Waals surface area contributed by atoms with Crippen LogP contribution in [0.25, 0.3) is 11.3 Å². The van der Waals surface area contributed by atoms with E-state index >= 15 is 0 Å². The van der Waals surface area contributed by atoms with Gasteiger partial charge in [-0.25, -0.2) is 18.0 Å². The lowest BCUT2D eigenvalue weighted by atomic mass is 10.0. The monoisotopic (exact) mass is 608 g/mol. The molecule has 0 unspecified atom stereocenters. The highest BCUT2D eigenvalue weighted by Gasteiger charge is 2.43. The van der Waals surface area contributed by atoms with Crippen molar-refractivity contribution >= 4 is 50.7 Å². The Morgan fingerprint density at radius 3 is 2.36 bits per heavy atom. The summed E-state index contributed by atoms with van der Waals surface area (Å²) < 4.78 is 38.1. The molecule has 42 heavy (non-hydrogen) atoms. The summed E-state index contributed by atoms with van der Waals surface area (Å²) in [5.41, 5.74) is 1.22. The van der Waals surface area contributed by atoms with Crippen LogP contribution in [0.3, 0.4) is 0 Å². The maximum absolute atomic E-state index is 12.0. The second-order valence-corrected chi connectivity index (χ2v) is 11.5. The highest BCUT2D eigenvalue weighted by Crippen LogP contribution is 2.44. The smallest absolute Gasteiger partial charge is 0.335 e. The number of nitrogens with one attached hydrogen (secondary N) is 2. The van der Waals surface area contributed by atoms with Gasteiger partial charge in [0, 0.05) is 17.4 Å². The van der Waals surface area contributed by atoms with Gasteiger partial charge >= 0.3 is 11.9 Å². The Hall–Kier alpha value is -4.95. The van der Waals surface area contributed by atoms with Crippen LogP contribution in [-0.2, 0) is 10.0 Å². The van der Waals surface area contributed by atoms with E-state index < -0.39 is 34.0 Å². The summed E-state index contributed by atoms with van der Waals surface area (Å²) in [6.45, 7) is 0. The van der Waals surface area contributed by atoms with E-state index in [0.29, 0.717) is 28.0 Å². The standard InChI is InChI=1S/C28H24N4O8S2/c1-39-22-7-6-18(14-20(22)31-42(2,37)38)32-25(24(30-28(32)41)19-5-3-4-10-29-19)23-9-8-21(40-23)15-11-16(26(33)34)13-17(12-15)27(35)36/h3-14,24-25,31H,1-2H3,(H,30,41)(H,33,34)(H,35,36)/t24-,25-/m0/s1. The van der Waals surface area contributed by atoms with Crippen LogP contribution in [0, 0.1) is 0 Å². The van der Waals surface area contributed by atoms with Gasteiger partial charge in [-0.05, 0) is 72.9 Å². The first kappa shape index (κ1) is 28.6. The number of carbonyl (C=O) groups is 2. The van der Waals surface area contributed by atoms with Crippen LogP contribution in [0.2, 0.25) is 0 Å². The molecule has 0 saturated carbocycles. The minimum Gasteiger partial charge on any atom is -0.495 e. The third-order valence-electron chi connectivity index (χ3n) is 6.48. The second kappa shape index (κ2) is 11.1.